The minimum Gasteiger partial charge on any atom is -0.427 e. The van der Waals surface area contributed by atoms with Gasteiger partial charge >= 0.3 is 11.9 Å². The van der Waals surface area contributed by atoms with Crippen LogP contribution >= 0.6 is 11.3 Å². The van der Waals surface area contributed by atoms with Gasteiger partial charge in [-0.05, 0) is 27.7 Å². The van der Waals surface area contributed by atoms with Crippen LogP contribution in [0.25, 0.3) is 10.4 Å². The van der Waals surface area contributed by atoms with E-state index in [9.17, 15) is 24.3 Å². The van der Waals surface area contributed by atoms with E-state index in [0.29, 0.717) is 17.8 Å². The largest absolute Gasteiger partial charge is 0.427 e. The molecule has 0 spiro atoms. The third-order valence-corrected chi connectivity index (χ3v) is 7.32. The molecule has 35 heavy (non-hydrogen) atoms. The van der Waals surface area contributed by atoms with Crippen molar-refractivity contribution < 1.29 is 33.8 Å². The fourth-order valence-electron chi connectivity index (χ4n) is 4.54. The quantitative estimate of drug-likeness (QED) is 0.237. The lowest BCUT2D eigenvalue weighted by Crippen LogP contribution is -2.63. The lowest BCUT2D eigenvalue weighted by Gasteiger charge is -2.46. The number of ether oxygens (including phenoxy) is 2. The van der Waals surface area contributed by atoms with Crippen LogP contribution in [0.15, 0.2) is 18.1 Å². The molecule has 0 saturated carbocycles. The van der Waals surface area contributed by atoms with E-state index in [4.69, 9.17) is 9.47 Å². The first-order valence-electron chi connectivity index (χ1n) is 11.2. The summed E-state index contributed by atoms with van der Waals surface area (Å²) in [5, 5.41) is 12.8. The van der Waals surface area contributed by atoms with E-state index in [1.54, 1.807) is 40.1 Å². The smallest absolute Gasteiger partial charge is 0.358 e. The Labute approximate surface area is 205 Å². The second-order valence-electron chi connectivity index (χ2n) is 9.72. The van der Waals surface area contributed by atoms with E-state index in [1.165, 1.54) is 16.2 Å². The molecule has 0 radical (unpaired) electrons. The number of hydrogen-bond donors (Lipinski definition) is 2. The van der Waals surface area contributed by atoms with Gasteiger partial charge in [0.2, 0.25) is 19.1 Å². The Morgan fingerprint density at radius 2 is 2.06 bits per heavy atom. The highest BCUT2D eigenvalue weighted by atomic mass is 32.1. The number of fused-ring (bicyclic) bond motifs is 2. The maximum Gasteiger partial charge on any atom is 0.358 e. The zero-order valence-electron chi connectivity index (χ0n) is 20.1. The second-order valence-corrected chi connectivity index (χ2v) is 10.8. The molecule has 2 aliphatic rings. The first-order chi connectivity index (χ1) is 16.5. The molecule has 2 aromatic heterocycles. The fourth-order valence-corrected chi connectivity index (χ4v) is 5.68. The summed E-state index contributed by atoms with van der Waals surface area (Å²) in [6.45, 7) is 8.16. The summed E-state index contributed by atoms with van der Waals surface area (Å²) in [6, 6.07) is -0.395. The number of thiazole rings is 1. The maximum atomic E-state index is 13.2. The Morgan fingerprint density at radius 3 is 2.69 bits per heavy atom. The summed E-state index contributed by atoms with van der Waals surface area (Å²) < 4.78 is 12.1. The van der Waals surface area contributed by atoms with Gasteiger partial charge in [-0.2, -0.15) is 0 Å². The van der Waals surface area contributed by atoms with Crippen LogP contribution in [-0.4, -0.2) is 62.6 Å². The summed E-state index contributed by atoms with van der Waals surface area (Å²) >= 11 is 1.38. The number of β-lactam (4-membered cyclic amide) rings is 1. The number of carbonyl (C=O) groups excluding carboxylic acids is 4. The normalized spacial score (nSPS) is 22.6. The minimum absolute atomic E-state index is 0.0845. The molecule has 4 heterocycles. The molecule has 0 bridgehead atoms. The molecule has 0 aliphatic carbocycles. The molecule has 2 N–H and O–H groups in total. The van der Waals surface area contributed by atoms with Gasteiger partial charge in [0.1, 0.15) is 16.4 Å². The Morgan fingerprint density at radius 1 is 1.34 bits per heavy atom. The van der Waals surface area contributed by atoms with Crippen molar-refractivity contribution in [2.45, 2.75) is 53.3 Å². The van der Waals surface area contributed by atoms with Crippen molar-refractivity contribution in [1.82, 2.24) is 19.6 Å². The highest BCUT2D eigenvalue weighted by Crippen LogP contribution is 2.51. The average molecular weight is 505 g/mol. The van der Waals surface area contributed by atoms with Gasteiger partial charge in [-0.25, -0.2) is 9.78 Å². The number of esters is 2. The monoisotopic (exact) mass is 504 g/mol. The first-order valence-corrected chi connectivity index (χ1v) is 12.0. The van der Waals surface area contributed by atoms with Crippen LogP contribution in [0.5, 0.6) is 0 Å². The number of nitrogens with zero attached hydrogens (tertiary/aromatic N) is 3. The van der Waals surface area contributed by atoms with E-state index in [0.717, 1.165) is 9.71 Å². The summed E-state index contributed by atoms with van der Waals surface area (Å²) in [6.07, 6.45) is 3.18. The fraction of sp³-hybridized carbons (Fsp3) is 0.522. The Balaban J connectivity index is 1.68. The minimum atomic E-state index is -0.875. The van der Waals surface area contributed by atoms with Gasteiger partial charge in [0.25, 0.3) is 0 Å². The molecule has 2 aliphatic heterocycles. The Hall–Kier alpha value is -3.25. The van der Waals surface area contributed by atoms with Crippen LogP contribution < -0.4 is 5.32 Å². The zero-order chi connectivity index (χ0) is 25.7. The molecule has 11 nitrogen and oxygen atoms in total. The molecule has 1 saturated heterocycles. The van der Waals surface area contributed by atoms with E-state index in [1.807, 2.05) is 11.3 Å². The van der Waals surface area contributed by atoms with E-state index in [2.05, 4.69) is 10.3 Å². The van der Waals surface area contributed by atoms with Gasteiger partial charge in [-0.1, -0.05) is 6.92 Å². The van der Waals surface area contributed by atoms with Crippen LogP contribution in [0.3, 0.4) is 0 Å². The maximum absolute atomic E-state index is 13.2. The molecule has 0 unspecified atom stereocenters. The molecular formula is C23H28N4O7S. The third-order valence-electron chi connectivity index (χ3n) is 6.27. The van der Waals surface area contributed by atoms with E-state index in [-0.39, 0.29) is 24.1 Å². The zero-order valence-corrected chi connectivity index (χ0v) is 20.9. The summed E-state index contributed by atoms with van der Waals surface area (Å²) in [4.78, 5) is 56.0. The van der Waals surface area contributed by atoms with Crippen molar-refractivity contribution in [3.05, 3.63) is 28.8 Å². The molecular weight excluding hydrogens is 476 g/mol. The number of aliphatic hydroxyl groups excluding tert-OH is 1. The first kappa shape index (κ1) is 24.9. The third kappa shape index (κ3) is 4.20. The van der Waals surface area contributed by atoms with Gasteiger partial charge in [0.15, 0.2) is 0 Å². The molecule has 2 aromatic rings. The molecule has 4 atom stereocenters. The van der Waals surface area contributed by atoms with Gasteiger partial charge < -0.3 is 24.8 Å². The van der Waals surface area contributed by atoms with Crippen molar-refractivity contribution in [3.63, 3.8) is 0 Å². The number of imidazole rings is 1. The number of hydrogen-bond acceptors (Lipinski definition) is 9. The van der Waals surface area contributed by atoms with Crippen molar-refractivity contribution in [2.75, 3.05) is 6.79 Å². The van der Waals surface area contributed by atoms with Crippen LogP contribution in [0, 0.1) is 17.3 Å². The predicted octanol–water partition coefficient (Wildman–Crippen LogP) is 1.30. The molecule has 2 amide bonds. The molecule has 0 aromatic carbocycles. The molecule has 1 fully saturated rings. The van der Waals surface area contributed by atoms with E-state index >= 15 is 0 Å². The second kappa shape index (κ2) is 9.08. The summed E-state index contributed by atoms with van der Waals surface area (Å²) in [5.74, 6) is -1.95. The molecule has 4 rings (SSSR count). The molecule has 12 heteroatoms. The Kier molecular flexibility index (Phi) is 6.45. The number of nitrogens with one attached hydrogen (secondary N) is 1. The van der Waals surface area contributed by atoms with Crippen LogP contribution in [0.2, 0.25) is 0 Å². The topological polar surface area (TPSA) is 140 Å². The highest BCUT2D eigenvalue weighted by molar-refractivity contribution is 7.18. The number of rotatable bonds is 8. The van der Waals surface area contributed by atoms with Crippen molar-refractivity contribution >= 4 is 46.0 Å². The number of carbonyl (C=O) groups is 4. The van der Waals surface area contributed by atoms with Gasteiger partial charge in [-0.3, -0.25) is 18.8 Å². The SMILES string of the molecule is C[C@@H](O)[C@H]1C(=O)N2C(C(=O)OCOC(=O)C(C)(C)C)=C(c3cn4c(CNC=O)ncc4s3)[C@H](C)[C@H]12. The summed E-state index contributed by atoms with van der Waals surface area (Å²) in [5.41, 5.74) is -0.0619. The van der Waals surface area contributed by atoms with Crippen molar-refractivity contribution in [3.8, 4) is 0 Å². The number of amides is 2. The number of aromatic nitrogens is 2. The van der Waals surface area contributed by atoms with Gasteiger partial charge in [0.05, 0.1) is 41.1 Å². The molecule has 188 valence electrons. The summed E-state index contributed by atoms with van der Waals surface area (Å²) in [7, 11) is 0. The standard InChI is InChI=1S/C23H28N4O7S/c1-11-16(13-8-26-14(6-24-9-28)25-7-15(26)35-13)19(27-18(11)17(12(2)29)20(27)30)21(31)33-10-34-22(32)23(3,4)5/h7-9,11-12,17-18,29H,6,10H2,1-5H3,(H,24,28)/t11-,12+,17+,18+/m0/s1. The van der Waals surface area contributed by atoms with Crippen LogP contribution in [-0.2, 0) is 35.2 Å². The van der Waals surface area contributed by atoms with E-state index < -0.39 is 42.2 Å². The van der Waals surface area contributed by atoms with Crippen LogP contribution in [0.1, 0.15) is 45.3 Å². The number of aliphatic hydroxyl groups is 1. The van der Waals surface area contributed by atoms with Gasteiger partial charge in [-0.15, -0.1) is 11.3 Å². The Bertz CT molecular complexity index is 1220. The van der Waals surface area contributed by atoms with Crippen LogP contribution in [0.4, 0.5) is 0 Å². The van der Waals surface area contributed by atoms with Crippen molar-refractivity contribution in [2.24, 2.45) is 17.3 Å². The predicted molar refractivity (Wildman–Crippen MR) is 124 cm³/mol. The van der Waals surface area contributed by atoms with Crippen molar-refractivity contribution in [1.29, 1.82) is 0 Å². The lowest BCUT2D eigenvalue weighted by atomic mass is 9.77. The average Bonchev–Trinajstić information content (AvgIpc) is 3.41. The highest BCUT2D eigenvalue weighted by Gasteiger charge is 2.60. The lowest BCUT2D eigenvalue weighted by molar-refractivity contribution is -0.175. The van der Waals surface area contributed by atoms with Gasteiger partial charge in [0, 0.05) is 17.7 Å².